The van der Waals surface area contributed by atoms with Crippen LogP contribution in [-0.4, -0.2) is 16.7 Å². The summed E-state index contributed by atoms with van der Waals surface area (Å²) >= 11 is 1.40. The number of benzene rings is 1. The van der Waals surface area contributed by atoms with Crippen LogP contribution >= 0.6 is 11.3 Å². The molecule has 0 aliphatic carbocycles. The van der Waals surface area contributed by atoms with E-state index in [1.807, 2.05) is 53.9 Å². The third-order valence-electron chi connectivity index (χ3n) is 3.90. The van der Waals surface area contributed by atoms with Crippen molar-refractivity contribution in [3.05, 3.63) is 82.3 Å². The molecule has 1 N–H and O–H groups in total. The van der Waals surface area contributed by atoms with Crippen molar-refractivity contribution in [1.82, 2.24) is 10.3 Å². The first-order valence-electron chi connectivity index (χ1n) is 8.66. The van der Waals surface area contributed by atoms with Gasteiger partial charge in [-0.05, 0) is 41.3 Å². The Labute approximate surface area is 162 Å². The Kier molecular flexibility index (Phi) is 6.71. The van der Waals surface area contributed by atoms with Crippen molar-refractivity contribution in [3.8, 4) is 5.75 Å². The molecule has 0 radical (unpaired) electrons. The van der Waals surface area contributed by atoms with Crippen molar-refractivity contribution in [1.29, 1.82) is 0 Å². The Bertz CT molecular complexity index is 862. The van der Waals surface area contributed by atoms with Gasteiger partial charge in [0.25, 0.3) is 0 Å². The summed E-state index contributed by atoms with van der Waals surface area (Å²) in [5.74, 6) is 0.627. The molecule has 138 valence electrons. The predicted molar refractivity (Wildman–Crippen MR) is 105 cm³/mol. The number of carbonyl (C=O) groups excluding carboxylic acids is 2. The third-order valence-corrected chi connectivity index (χ3v) is 4.81. The summed E-state index contributed by atoms with van der Waals surface area (Å²) in [6.45, 7) is 0.835. The van der Waals surface area contributed by atoms with Crippen LogP contribution in [0.1, 0.15) is 33.8 Å². The Hall–Kier alpha value is -2.99. The van der Waals surface area contributed by atoms with Gasteiger partial charge in [-0.25, -0.2) is 0 Å². The standard InChI is InChI=1S/C21H20N2O3S/c24-19(20-5-3-13-27-20)10-11-21(25)23-14-16-6-8-18(9-7-16)26-15-17-4-1-2-12-22-17/h1-9,12-13H,10-11,14-15H2,(H,23,25). The first-order valence-corrected chi connectivity index (χ1v) is 9.54. The van der Waals surface area contributed by atoms with E-state index in [0.717, 1.165) is 17.0 Å². The molecule has 0 aliphatic heterocycles. The normalized spacial score (nSPS) is 10.4. The van der Waals surface area contributed by atoms with Gasteiger partial charge in [-0.2, -0.15) is 0 Å². The van der Waals surface area contributed by atoms with E-state index in [2.05, 4.69) is 10.3 Å². The highest BCUT2D eigenvalue weighted by atomic mass is 32.1. The van der Waals surface area contributed by atoms with Crippen molar-refractivity contribution in [2.75, 3.05) is 0 Å². The summed E-state index contributed by atoms with van der Waals surface area (Å²) in [4.78, 5) is 28.7. The topological polar surface area (TPSA) is 68.3 Å². The van der Waals surface area contributed by atoms with Gasteiger partial charge in [0.1, 0.15) is 12.4 Å². The molecule has 0 aliphatic rings. The molecule has 1 amide bonds. The minimum atomic E-state index is -0.129. The van der Waals surface area contributed by atoms with E-state index < -0.39 is 0 Å². The number of pyridine rings is 1. The van der Waals surface area contributed by atoms with E-state index in [1.54, 1.807) is 12.3 Å². The quantitative estimate of drug-likeness (QED) is 0.570. The average molecular weight is 380 g/mol. The molecule has 0 fully saturated rings. The maximum atomic E-state index is 11.9. The van der Waals surface area contributed by atoms with Gasteiger partial charge in [-0.1, -0.05) is 24.3 Å². The van der Waals surface area contributed by atoms with Crippen LogP contribution in [0.4, 0.5) is 0 Å². The fourth-order valence-corrected chi connectivity index (χ4v) is 3.12. The van der Waals surface area contributed by atoms with E-state index in [0.29, 0.717) is 18.0 Å². The molecule has 0 saturated carbocycles. The van der Waals surface area contributed by atoms with Crippen LogP contribution < -0.4 is 10.1 Å². The lowest BCUT2D eigenvalue weighted by Gasteiger charge is -2.08. The first kappa shape index (κ1) is 18.8. The zero-order valence-corrected chi connectivity index (χ0v) is 15.6. The Morgan fingerprint density at radius 2 is 1.85 bits per heavy atom. The van der Waals surface area contributed by atoms with Crippen LogP contribution in [0.15, 0.2) is 66.2 Å². The number of thiophene rings is 1. The van der Waals surface area contributed by atoms with Crippen LogP contribution in [0.3, 0.4) is 0 Å². The highest BCUT2D eigenvalue weighted by Crippen LogP contribution is 2.14. The fourth-order valence-electron chi connectivity index (χ4n) is 2.42. The highest BCUT2D eigenvalue weighted by molar-refractivity contribution is 7.12. The third kappa shape index (κ3) is 6.04. The van der Waals surface area contributed by atoms with Crippen LogP contribution in [0.2, 0.25) is 0 Å². The molecule has 0 unspecified atom stereocenters. The van der Waals surface area contributed by atoms with Crippen LogP contribution in [0, 0.1) is 0 Å². The molecule has 3 rings (SSSR count). The lowest BCUT2D eigenvalue weighted by Crippen LogP contribution is -2.23. The summed E-state index contributed by atoms with van der Waals surface area (Å²) < 4.78 is 5.69. The van der Waals surface area contributed by atoms with Crippen molar-refractivity contribution < 1.29 is 14.3 Å². The van der Waals surface area contributed by atoms with Crippen LogP contribution in [0.5, 0.6) is 5.75 Å². The largest absolute Gasteiger partial charge is 0.487 e. The number of Topliss-reactive ketones (excluding diaryl/α,β-unsaturated/α-hetero) is 1. The molecule has 0 atom stereocenters. The molecule has 5 nitrogen and oxygen atoms in total. The van der Waals surface area contributed by atoms with Gasteiger partial charge in [0.2, 0.25) is 5.91 Å². The van der Waals surface area contributed by atoms with Gasteiger partial charge in [0, 0.05) is 25.6 Å². The molecule has 0 spiro atoms. The predicted octanol–water partition coefficient (Wildman–Crippen LogP) is 4.00. The molecule has 2 heterocycles. The molecule has 0 bridgehead atoms. The lowest BCUT2D eigenvalue weighted by atomic mass is 10.1. The number of hydrogen-bond acceptors (Lipinski definition) is 5. The zero-order chi connectivity index (χ0) is 18.9. The maximum absolute atomic E-state index is 11.9. The minimum absolute atomic E-state index is 0.00885. The average Bonchev–Trinajstić information content (AvgIpc) is 3.25. The number of nitrogens with zero attached hydrogens (tertiary/aromatic N) is 1. The van der Waals surface area contributed by atoms with E-state index in [4.69, 9.17) is 4.74 Å². The van der Waals surface area contributed by atoms with Crippen molar-refractivity contribution in [2.45, 2.75) is 26.0 Å². The van der Waals surface area contributed by atoms with Crippen molar-refractivity contribution >= 4 is 23.0 Å². The second kappa shape index (κ2) is 9.64. The van der Waals surface area contributed by atoms with Crippen molar-refractivity contribution in [3.63, 3.8) is 0 Å². The van der Waals surface area contributed by atoms with Gasteiger partial charge >= 0.3 is 0 Å². The van der Waals surface area contributed by atoms with Gasteiger partial charge < -0.3 is 10.1 Å². The summed E-state index contributed by atoms with van der Waals surface area (Å²) in [5.41, 5.74) is 1.84. The van der Waals surface area contributed by atoms with E-state index in [9.17, 15) is 9.59 Å². The molecule has 0 saturated heterocycles. The number of ether oxygens (including phenoxy) is 1. The number of ketones is 1. The molecular weight excluding hydrogens is 360 g/mol. The minimum Gasteiger partial charge on any atom is -0.487 e. The smallest absolute Gasteiger partial charge is 0.220 e. The molecule has 3 aromatic rings. The summed E-state index contributed by atoms with van der Waals surface area (Å²) in [6.07, 6.45) is 2.16. The van der Waals surface area contributed by atoms with Crippen molar-refractivity contribution in [2.24, 2.45) is 0 Å². The molecular formula is C21H20N2O3S. The second-order valence-corrected chi connectivity index (χ2v) is 6.88. The van der Waals surface area contributed by atoms with Gasteiger partial charge in [0.05, 0.1) is 10.6 Å². The summed E-state index contributed by atoms with van der Waals surface area (Å²) in [7, 11) is 0. The van der Waals surface area contributed by atoms with Gasteiger partial charge in [-0.15, -0.1) is 11.3 Å². The van der Waals surface area contributed by atoms with Crippen LogP contribution in [-0.2, 0) is 17.9 Å². The first-order chi connectivity index (χ1) is 13.2. The number of hydrogen-bond donors (Lipinski definition) is 1. The van der Waals surface area contributed by atoms with Gasteiger partial charge in [0.15, 0.2) is 5.78 Å². The van der Waals surface area contributed by atoms with E-state index in [-0.39, 0.29) is 24.5 Å². The number of aromatic nitrogens is 1. The Morgan fingerprint density at radius 3 is 2.56 bits per heavy atom. The van der Waals surface area contributed by atoms with Crippen LogP contribution in [0.25, 0.3) is 0 Å². The van der Waals surface area contributed by atoms with E-state index >= 15 is 0 Å². The monoisotopic (exact) mass is 380 g/mol. The maximum Gasteiger partial charge on any atom is 0.220 e. The fraction of sp³-hybridized carbons (Fsp3) is 0.190. The second-order valence-electron chi connectivity index (χ2n) is 5.93. The molecule has 2 aromatic heterocycles. The number of rotatable bonds is 9. The summed E-state index contributed by atoms with van der Waals surface area (Å²) in [5, 5.41) is 4.70. The lowest BCUT2D eigenvalue weighted by molar-refractivity contribution is -0.121. The zero-order valence-electron chi connectivity index (χ0n) is 14.8. The SMILES string of the molecule is O=C(CCC(=O)c1cccs1)NCc1ccc(OCc2ccccn2)cc1. The van der Waals surface area contributed by atoms with E-state index in [1.165, 1.54) is 11.3 Å². The molecule has 27 heavy (non-hydrogen) atoms. The van der Waals surface area contributed by atoms with Gasteiger partial charge in [-0.3, -0.25) is 14.6 Å². The summed E-state index contributed by atoms with van der Waals surface area (Å²) in [6, 6.07) is 16.9. The number of nitrogens with one attached hydrogen (secondary N) is 1. The molecule has 6 heteroatoms. The molecule has 1 aromatic carbocycles. The number of carbonyl (C=O) groups is 2. The highest BCUT2D eigenvalue weighted by Gasteiger charge is 2.10. The number of amides is 1. The Morgan fingerprint density at radius 1 is 1.00 bits per heavy atom. The Balaban J connectivity index is 1.39.